The van der Waals surface area contributed by atoms with Gasteiger partial charge in [0, 0.05) is 11.8 Å². The molecule has 0 aliphatic rings. The molecule has 0 fully saturated rings. The van der Waals surface area contributed by atoms with Crippen LogP contribution in [0, 0.1) is 0 Å². The number of nitrogens with zero attached hydrogens (tertiary/aromatic N) is 1. The fraction of sp³-hybridized carbons (Fsp3) is 0.200. The highest BCUT2D eigenvalue weighted by molar-refractivity contribution is 14.1. The van der Waals surface area contributed by atoms with Crippen molar-refractivity contribution in [1.29, 1.82) is 0 Å². The Morgan fingerprint density at radius 2 is 2.29 bits per heavy atom. The number of halogens is 1. The Bertz CT molecular complexity index is 421. The molecule has 1 unspecified atom stereocenters. The van der Waals surface area contributed by atoms with Gasteiger partial charge in [0.2, 0.25) is 0 Å². The Kier molecular flexibility index (Phi) is 3.12. The fourth-order valence-electron chi connectivity index (χ4n) is 1.20. The van der Waals surface area contributed by atoms with Gasteiger partial charge in [0.05, 0.1) is 3.92 Å². The molecule has 0 aliphatic heterocycles. The van der Waals surface area contributed by atoms with Crippen molar-refractivity contribution in [2.45, 2.75) is 10.3 Å². The molecule has 4 heteroatoms. The molecular formula is C10H7INOS. The van der Waals surface area contributed by atoms with Crippen molar-refractivity contribution in [3.63, 3.8) is 0 Å². The standard InChI is InChI=1S/C10H7INOS/c11-7(6-14)5-10-12-8-3-1-2-4-9(8)13-10/h1-4,7H,5H2. The van der Waals surface area contributed by atoms with Gasteiger partial charge in [-0.15, -0.1) is 0 Å². The van der Waals surface area contributed by atoms with Crippen molar-refractivity contribution in [2.75, 3.05) is 0 Å². The maximum atomic E-state index is 5.54. The van der Waals surface area contributed by atoms with E-state index in [1.54, 1.807) is 0 Å². The van der Waals surface area contributed by atoms with Crippen LogP contribution in [0.5, 0.6) is 0 Å². The van der Waals surface area contributed by atoms with Gasteiger partial charge >= 0.3 is 0 Å². The first-order chi connectivity index (χ1) is 6.79. The van der Waals surface area contributed by atoms with E-state index in [-0.39, 0.29) is 3.92 Å². The van der Waals surface area contributed by atoms with Crippen LogP contribution in [0.3, 0.4) is 0 Å². The minimum absolute atomic E-state index is 0.177. The summed E-state index contributed by atoms with van der Waals surface area (Å²) >= 11 is 6.95. The van der Waals surface area contributed by atoms with Crippen LogP contribution in [0.1, 0.15) is 5.89 Å². The van der Waals surface area contributed by atoms with Crippen LogP contribution in [-0.4, -0.2) is 14.3 Å². The summed E-state index contributed by atoms with van der Waals surface area (Å²) in [5.41, 5.74) is 1.73. The van der Waals surface area contributed by atoms with Crippen molar-refractivity contribution in [2.24, 2.45) is 0 Å². The average Bonchev–Trinajstić information content (AvgIpc) is 2.59. The zero-order valence-corrected chi connectivity index (χ0v) is 10.2. The lowest BCUT2D eigenvalue weighted by molar-refractivity contribution is 0.537. The normalized spacial score (nSPS) is 12.9. The van der Waals surface area contributed by atoms with E-state index in [9.17, 15) is 0 Å². The second-order valence-corrected chi connectivity index (χ2v) is 4.60. The smallest absolute Gasteiger partial charge is 0.196 e. The van der Waals surface area contributed by atoms with Gasteiger partial charge in [-0.2, -0.15) is 0 Å². The molecule has 2 aromatic rings. The minimum atomic E-state index is 0.177. The molecule has 2 rings (SSSR count). The molecule has 0 saturated carbocycles. The second kappa shape index (κ2) is 4.35. The molecule has 0 spiro atoms. The molecule has 71 valence electrons. The fourth-order valence-corrected chi connectivity index (χ4v) is 1.66. The molecule has 0 saturated heterocycles. The van der Waals surface area contributed by atoms with Crippen molar-refractivity contribution >= 4 is 51.3 Å². The number of hydrogen-bond acceptors (Lipinski definition) is 3. The Morgan fingerprint density at radius 1 is 1.50 bits per heavy atom. The van der Waals surface area contributed by atoms with Crippen LogP contribution in [-0.2, 0) is 6.42 Å². The lowest BCUT2D eigenvalue weighted by atomic mass is 10.3. The topological polar surface area (TPSA) is 26.0 Å². The average molecular weight is 316 g/mol. The van der Waals surface area contributed by atoms with Crippen LogP contribution >= 0.6 is 34.8 Å². The number of thiocarbonyl (C=S) groups is 1. The highest BCUT2D eigenvalue weighted by atomic mass is 127. The number of rotatable bonds is 3. The monoisotopic (exact) mass is 316 g/mol. The third kappa shape index (κ3) is 2.12. The first-order valence-corrected chi connectivity index (χ1v) is 5.81. The number of oxazole rings is 1. The number of para-hydroxylation sites is 2. The molecule has 14 heavy (non-hydrogen) atoms. The molecule has 0 amide bonds. The quantitative estimate of drug-likeness (QED) is 0.494. The third-order valence-corrected chi connectivity index (χ3v) is 3.28. The molecule has 1 aromatic carbocycles. The van der Waals surface area contributed by atoms with Crippen molar-refractivity contribution in [3.05, 3.63) is 30.2 Å². The van der Waals surface area contributed by atoms with E-state index in [0.717, 1.165) is 17.0 Å². The van der Waals surface area contributed by atoms with E-state index >= 15 is 0 Å². The Balaban J connectivity index is 2.31. The Hall–Kier alpha value is -0.490. The maximum Gasteiger partial charge on any atom is 0.196 e. The zero-order valence-electron chi connectivity index (χ0n) is 7.24. The lowest BCUT2D eigenvalue weighted by Crippen LogP contribution is -2.01. The van der Waals surface area contributed by atoms with Gasteiger partial charge in [-0.05, 0) is 12.1 Å². The van der Waals surface area contributed by atoms with E-state index in [0.29, 0.717) is 6.42 Å². The van der Waals surface area contributed by atoms with Crippen LogP contribution in [0.4, 0.5) is 0 Å². The minimum Gasteiger partial charge on any atom is -0.441 e. The molecule has 1 heterocycles. The zero-order chi connectivity index (χ0) is 9.97. The molecule has 0 N–H and O–H groups in total. The van der Waals surface area contributed by atoms with Gasteiger partial charge in [0.1, 0.15) is 5.52 Å². The molecule has 1 radical (unpaired) electrons. The Labute approximate surface area is 101 Å². The van der Waals surface area contributed by atoms with Gasteiger partial charge in [-0.25, -0.2) is 4.98 Å². The van der Waals surface area contributed by atoms with E-state index in [2.05, 4.69) is 32.9 Å². The number of benzene rings is 1. The molecule has 1 atom stereocenters. The highest BCUT2D eigenvalue weighted by Crippen LogP contribution is 2.17. The largest absolute Gasteiger partial charge is 0.441 e. The van der Waals surface area contributed by atoms with Gasteiger partial charge in [0.25, 0.3) is 0 Å². The summed E-state index contributed by atoms with van der Waals surface area (Å²) in [6.45, 7) is 0. The number of aromatic nitrogens is 1. The van der Waals surface area contributed by atoms with Gasteiger partial charge in [0.15, 0.2) is 11.5 Å². The van der Waals surface area contributed by atoms with Crippen LogP contribution in [0.15, 0.2) is 28.7 Å². The van der Waals surface area contributed by atoms with Crippen molar-refractivity contribution in [1.82, 2.24) is 4.98 Å². The van der Waals surface area contributed by atoms with E-state index in [4.69, 9.17) is 16.6 Å². The molecule has 1 aromatic heterocycles. The van der Waals surface area contributed by atoms with Gasteiger partial charge in [-0.1, -0.05) is 46.9 Å². The third-order valence-electron chi connectivity index (χ3n) is 1.82. The van der Waals surface area contributed by atoms with Crippen molar-refractivity contribution in [3.8, 4) is 0 Å². The summed E-state index contributed by atoms with van der Waals surface area (Å²) in [6, 6.07) is 7.73. The van der Waals surface area contributed by atoms with Gasteiger partial charge < -0.3 is 4.42 Å². The summed E-state index contributed by atoms with van der Waals surface area (Å²) in [6.07, 6.45) is 0.707. The van der Waals surface area contributed by atoms with E-state index in [1.807, 2.05) is 24.3 Å². The first-order valence-electron chi connectivity index (χ1n) is 4.16. The van der Waals surface area contributed by atoms with Crippen molar-refractivity contribution < 1.29 is 4.42 Å². The first kappa shape index (κ1) is 10.0. The van der Waals surface area contributed by atoms with Gasteiger partial charge in [-0.3, -0.25) is 0 Å². The molecular weight excluding hydrogens is 309 g/mol. The molecule has 0 bridgehead atoms. The highest BCUT2D eigenvalue weighted by Gasteiger charge is 2.08. The van der Waals surface area contributed by atoms with E-state index < -0.39 is 0 Å². The summed E-state index contributed by atoms with van der Waals surface area (Å²) in [4.78, 5) is 4.34. The number of fused-ring (bicyclic) bond motifs is 1. The number of alkyl halides is 1. The molecule has 2 nitrogen and oxygen atoms in total. The van der Waals surface area contributed by atoms with Crippen LogP contribution in [0.25, 0.3) is 11.1 Å². The summed E-state index contributed by atoms with van der Waals surface area (Å²) < 4.78 is 5.71. The van der Waals surface area contributed by atoms with Crippen LogP contribution < -0.4 is 0 Å². The summed E-state index contributed by atoms with van der Waals surface area (Å²) in [5, 5.41) is 2.73. The summed E-state index contributed by atoms with van der Waals surface area (Å²) in [7, 11) is 0. The lowest BCUT2D eigenvalue weighted by Gasteiger charge is -1.95. The second-order valence-electron chi connectivity index (χ2n) is 2.86. The predicted molar refractivity (Wildman–Crippen MR) is 68.1 cm³/mol. The van der Waals surface area contributed by atoms with Crippen LogP contribution in [0.2, 0.25) is 0 Å². The Morgan fingerprint density at radius 3 is 3.00 bits per heavy atom. The molecule has 0 aliphatic carbocycles. The SMILES string of the molecule is S=[C]C(I)Cc1nc2ccccc2o1. The maximum absolute atomic E-state index is 5.54. The predicted octanol–water partition coefficient (Wildman–Crippen LogP) is 3.05. The van der Waals surface area contributed by atoms with E-state index in [1.165, 1.54) is 0 Å². The number of hydrogen-bond donors (Lipinski definition) is 0. The summed E-state index contributed by atoms with van der Waals surface area (Å²) in [5.74, 6) is 0.725.